The highest BCUT2D eigenvalue weighted by atomic mass is 35.5. The van der Waals surface area contributed by atoms with Gasteiger partial charge in [-0.15, -0.1) is 10.2 Å². The van der Waals surface area contributed by atoms with Gasteiger partial charge in [0.2, 0.25) is 5.13 Å². The third kappa shape index (κ3) is 1.91. The Morgan fingerprint density at radius 2 is 1.93 bits per heavy atom. The van der Waals surface area contributed by atoms with Crippen molar-refractivity contribution in [1.29, 1.82) is 0 Å². The van der Waals surface area contributed by atoms with Crippen LogP contribution in [0.4, 0.5) is 13.9 Å². The Hall–Kier alpha value is -1.27. The molecule has 1 aromatic carbocycles. The lowest BCUT2D eigenvalue weighted by Gasteiger charge is -1.99. The lowest BCUT2D eigenvalue weighted by atomic mass is 10.2. The Morgan fingerprint density at radius 1 is 1.20 bits per heavy atom. The highest BCUT2D eigenvalue weighted by Crippen LogP contribution is 2.30. The third-order valence-corrected chi connectivity index (χ3v) is 2.76. The molecule has 2 aromatic rings. The van der Waals surface area contributed by atoms with Crippen LogP contribution in [0.1, 0.15) is 0 Å². The molecule has 0 aliphatic heterocycles. The summed E-state index contributed by atoms with van der Waals surface area (Å²) in [6, 6.07) is 1.86. The van der Waals surface area contributed by atoms with Gasteiger partial charge in [0, 0.05) is 0 Å². The number of nitrogens with two attached hydrogens (primary N) is 1. The van der Waals surface area contributed by atoms with Gasteiger partial charge in [-0.25, -0.2) is 8.78 Å². The van der Waals surface area contributed by atoms with Crippen molar-refractivity contribution in [1.82, 2.24) is 10.2 Å². The number of nitrogen functional groups attached to an aromatic ring is 1. The van der Waals surface area contributed by atoms with Crippen LogP contribution >= 0.6 is 22.9 Å². The number of aromatic nitrogens is 2. The Labute approximate surface area is 92.5 Å². The first kappa shape index (κ1) is 10.3. The molecule has 0 spiro atoms. The fraction of sp³-hybridized carbons (Fsp3) is 0. The Kier molecular flexibility index (Phi) is 2.54. The number of nitrogens with zero attached hydrogens (tertiary/aromatic N) is 2. The standard InChI is InChI=1S/C8H4ClF2N3S/c9-4-2-5(10)3(1-6(4)11)7-13-14-8(12)15-7/h1-2H,(H2,12,14). The second-order valence-electron chi connectivity index (χ2n) is 2.69. The molecule has 0 saturated heterocycles. The van der Waals surface area contributed by atoms with Gasteiger partial charge in [0.1, 0.15) is 11.6 Å². The number of benzene rings is 1. The number of anilines is 1. The van der Waals surface area contributed by atoms with Gasteiger partial charge in [0.15, 0.2) is 5.01 Å². The zero-order valence-corrected chi connectivity index (χ0v) is 8.74. The van der Waals surface area contributed by atoms with E-state index in [9.17, 15) is 8.78 Å². The first-order valence-electron chi connectivity index (χ1n) is 3.82. The molecule has 2 N–H and O–H groups in total. The molecule has 0 amide bonds. The molecular weight excluding hydrogens is 244 g/mol. The van der Waals surface area contributed by atoms with E-state index in [4.69, 9.17) is 17.3 Å². The third-order valence-electron chi connectivity index (χ3n) is 1.68. The molecule has 0 saturated carbocycles. The summed E-state index contributed by atoms with van der Waals surface area (Å²) in [5.74, 6) is -1.36. The number of hydrogen-bond donors (Lipinski definition) is 1. The molecule has 1 aromatic heterocycles. The quantitative estimate of drug-likeness (QED) is 0.789. The Bertz CT molecular complexity index is 515. The van der Waals surface area contributed by atoms with E-state index in [1.807, 2.05) is 0 Å². The van der Waals surface area contributed by atoms with Crippen LogP contribution in [0.5, 0.6) is 0 Å². The van der Waals surface area contributed by atoms with Crippen molar-refractivity contribution in [2.45, 2.75) is 0 Å². The minimum atomic E-state index is -0.707. The summed E-state index contributed by atoms with van der Waals surface area (Å²) >= 11 is 6.38. The molecule has 0 radical (unpaired) electrons. The van der Waals surface area contributed by atoms with E-state index >= 15 is 0 Å². The molecule has 0 unspecified atom stereocenters. The normalized spacial score (nSPS) is 10.6. The van der Waals surface area contributed by atoms with Gasteiger partial charge >= 0.3 is 0 Å². The monoisotopic (exact) mass is 247 g/mol. The topological polar surface area (TPSA) is 51.8 Å². The van der Waals surface area contributed by atoms with E-state index in [1.165, 1.54) is 0 Å². The number of hydrogen-bond acceptors (Lipinski definition) is 4. The minimum absolute atomic E-state index is 0.00565. The molecule has 78 valence electrons. The van der Waals surface area contributed by atoms with Gasteiger partial charge < -0.3 is 5.73 Å². The summed E-state index contributed by atoms with van der Waals surface area (Å²) in [5.41, 5.74) is 5.34. The van der Waals surface area contributed by atoms with E-state index in [0.29, 0.717) is 0 Å². The van der Waals surface area contributed by atoms with Gasteiger partial charge in [0.05, 0.1) is 10.6 Å². The molecule has 1 heterocycles. The fourth-order valence-corrected chi connectivity index (χ4v) is 1.81. The highest BCUT2D eigenvalue weighted by Gasteiger charge is 2.13. The van der Waals surface area contributed by atoms with Crippen LogP contribution in [0.2, 0.25) is 5.02 Å². The molecule has 0 bridgehead atoms. The lowest BCUT2D eigenvalue weighted by Crippen LogP contribution is -1.87. The van der Waals surface area contributed by atoms with E-state index in [1.54, 1.807) is 0 Å². The van der Waals surface area contributed by atoms with Gasteiger partial charge in [0.25, 0.3) is 0 Å². The first-order valence-corrected chi connectivity index (χ1v) is 5.01. The zero-order chi connectivity index (χ0) is 11.0. The fourth-order valence-electron chi connectivity index (χ4n) is 1.03. The van der Waals surface area contributed by atoms with Gasteiger partial charge in [-0.1, -0.05) is 22.9 Å². The van der Waals surface area contributed by atoms with Gasteiger partial charge in [-0.3, -0.25) is 0 Å². The highest BCUT2D eigenvalue weighted by molar-refractivity contribution is 7.18. The van der Waals surface area contributed by atoms with Crippen molar-refractivity contribution >= 4 is 28.1 Å². The van der Waals surface area contributed by atoms with E-state index < -0.39 is 11.6 Å². The van der Waals surface area contributed by atoms with Crippen LogP contribution in [0.3, 0.4) is 0 Å². The van der Waals surface area contributed by atoms with Crippen molar-refractivity contribution in [3.8, 4) is 10.6 Å². The van der Waals surface area contributed by atoms with Crippen molar-refractivity contribution in [2.75, 3.05) is 5.73 Å². The number of rotatable bonds is 1. The van der Waals surface area contributed by atoms with Crippen molar-refractivity contribution in [2.24, 2.45) is 0 Å². The van der Waals surface area contributed by atoms with Crippen LogP contribution in [0, 0.1) is 11.6 Å². The largest absolute Gasteiger partial charge is 0.374 e. The molecule has 0 aliphatic rings. The molecule has 0 atom stereocenters. The Balaban J connectivity index is 2.58. The molecule has 7 heteroatoms. The maximum absolute atomic E-state index is 13.4. The second-order valence-corrected chi connectivity index (χ2v) is 4.11. The van der Waals surface area contributed by atoms with E-state index in [-0.39, 0.29) is 20.7 Å². The lowest BCUT2D eigenvalue weighted by molar-refractivity contribution is 0.603. The first-order chi connectivity index (χ1) is 7.08. The summed E-state index contributed by atoms with van der Waals surface area (Å²) in [5, 5.41) is 7.27. The second kappa shape index (κ2) is 3.71. The number of halogens is 3. The summed E-state index contributed by atoms with van der Waals surface area (Å²) in [6.45, 7) is 0. The minimum Gasteiger partial charge on any atom is -0.374 e. The average molecular weight is 248 g/mol. The average Bonchev–Trinajstić information content (AvgIpc) is 2.58. The molecule has 0 fully saturated rings. The summed E-state index contributed by atoms with van der Waals surface area (Å²) in [6.07, 6.45) is 0. The van der Waals surface area contributed by atoms with Crippen molar-refractivity contribution in [3.05, 3.63) is 28.8 Å². The maximum Gasteiger partial charge on any atom is 0.203 e. The molecule has 0 aliphatic carbocycles. The maximum atomic E-state index is 13.4. The Morgan fingerprint density at radius 3 is 2.53 bits per heavy atom. The van der Waals surface area contributed by atoms with Gasteiger partial charge in [-0.2, -0.15) is 0 Å². The SMILES string of the molecule is Nc1nnc(-c2cc(F)c(Cl)cc2F)s1. The van der Waals surface area contributed by atoms with Crippen molar-refractivity contribution < 1.29 is 8.78 Å². The van der Waals surface area contributed by atoms with Crippen LogP contribution < -0.4 is 5.73 Å². The van der Waals surface area contributed by atoms with Crippen LogP contribution in [-0.4, -0.2) is 10.2 Å². The van der Waals surface area contributed by atoms with Crippen LogP contribution in [0.15, 0.2) is 12.1 Å². The van der Waals surface area contributed by atoms with Crippen LogP contribution in [0.25, 0.3) is 10.6 Å². The van der Waals surface area contributed by atoms with Crippen molar-refractivity contribution in [3.63, 3.8) is 0 Å². The molecule has 3 nitrogen and oxygen atoms in total. The molecule has 15 heavy (non-hydrogen) atoms. The predicted molar refractivity (Wildman–Crippen MR) is 54.7 cm³/mol. The van der Waals surface area contributed by atoms with E-state index in [0.717, 1.165) is 23.5 Å². The smallest absolute Gasteiger partial charge is 0.203 e. The summed E-state index contributed by atoms with van der Waals surface area (Å²) in [7, 11) is 0. The summed E-state index contributed by atoms with van der Waals surface area (Å²) < 4.78 is 26.5. The van der Waals surface area contributed by atoms with Crippen LogP contribution in [-0.2, 0) is 0 Å². The van der Waals surface area contributed by atoms with Gasteiger partial charge in [-0.05, 0) is 12.1 Å². The zero-order valence-electron chi connectivity index (χ0n) is 7.17. The summed E-state index contributed by atoms with van der Waals surface area (Å²) in [4.78, 5) is 0. The molecule has 2 rings (SSSR count). The molecular formula is C8H4ClF2N3S. The van der Waals surface area contributed by atoms with E-state index in [2.05, 4.69) is 10.2 Å². The predicted octanol–water partition coefficient (Wildman–Crippen LogP) is 2.72.